The fourth-order valence-electron chi connectivity index (χ4n) is 3.88. The van der Waals surface area contributed by atoms with Crippen LogP contribution < -0.4 is 22.5 Å². The number of nitrogens with one attached hydrogen (secondary N) is 1. The molecule has 14 heteroatoms. The summed E-state index contributed by atoms with van der Waals surface area (Å²) in [5.74, 6) is 0. The topological polar surface area (TPSA) is 166 Å². The van der Waals surface area contributed by atoms with Crippen LogP contribution in [0.1, 0.15) is 44.5 Å². The Hall–Kier alpha value is -3.19. The highest BCUT2D eigenvalue weighted by Gasteiger charge is 2.41. The van der Waals surface area contributed by atoms with Crippen molar-refractivity contribution < 1.29 is 9.16 Å². The third-order valence-corrected chi connectivity index (χ3v) is 11.8. The second-order valence-electron chi connectivity index (χ2n) is 10.9. The van der Waals surface area contributed by atoms with Crippen LogP contribution in [0.3, 0.4) is 0 Å². The molecule has 1 N–H and O–H groups in total. The van der Waals surface area contributed by atoms with Crippen molar-refractivity contribution in [2.24, 2.45) is 5.11 Å². The van der Waals surface area contributed by atoms with Crippen LogP contribution in [0, 0.1) is 13.8 Å². The molecule has 2 aromatic heterocycles. The van der Waals surface area contributed by atoms with Crippen LogP contribution in [0.25, 0.3) is 10.4 Å². The van der Waals surface area contributed by atoms with Gasteiger partial charge in [-0.25, -0.2) is 9.59 Å². The zero-order valence-electron chi connectivity index (χ0n) is 22.3. The standard InChI is InChI=1S/C23H35N7O6Si/c1-14-11-28(21(33)25-19(14)31)8-9-29-20(32)15(2)12-30(22(29)34)18-10-16(26-27-24)17(36-18)13-35-37(6,7)23(3,4)5/h11-12,16-18H,8-10,13H2,1-7H3,(H,25,31,33)/t16-,17+,18+/m0/s1. The lowest BCUT2D eigenvalue weighted by molar-refractivity contribution is -0.0253. The van der Waals surface area contributed by atoms with Crippen LogP contribution >= 0.6 is 0 Å². The lowest BCUT2D eigenvalue weighted by Gasteiger charge is -2.37. The van der Waals surface area contributed by atoms with E-state index in [1.165, 1.54) is 21.5 Å². The van der Waals surface area contributed by atoms with Crippen molar-refractivity contribution in [2.45, 2.75) is 90.6 Å². The van der Waals surface area contributed by atoms with Crippen LogP contribution in [0.5, 0.6) is 0 Å². The smallest absolute Gasteiger partial charge is 0.333 e. The van der Waals surface area contributed by atoms with Gasteiger partial charge in [-0.05, 0) is 37.5 Å². The minimum absolute atomic E-state index is 0.00487. The Morgan fingerprint density at radius 3 is 2.46 bits per heavy atom. The molecular formula is C23H35N7O6Si. The zero-order valence-corrected chi connectivity index (χ0v) is 23.3. The Labute approximate surface area is 214 Å². The van der Waals surface area contributed by atoms with Gasteiger partial charge in [-0.15, -0.1) is 0 Å². The van der Waals surface area contributed by atoms with Gasteiger partial charge in [-0.1, -0.05) is 25.9 Å². The summed E-state index contributed by atoms with van der Waals surface area (Å²) in [6, 6.07) is -0.546. The molecule has 3 rings (SSSR count). The Balaban J connectivity index is 1.88. The van der Waals surface area contributed by atoms with Crippen molar-refractivity contribution in [3.05, 3.63) is 75.6 Å². The van der Waals surface area contributed by atoms with E-state index in [-0.39, 0.29) is 31.2 Å². The summed E-state index contributed by atoms with van der Waals surface area (Å²) in [5.41, 5.74) is 7.52. The van der Waals surface area contributed by atoms with E-state index in [9.17, 15) is 19.2 Å². The van der Waals surface area contributed by atoms with Gasteiger partial charge in [0.2, 0.25) is 0 Å². The summed E-state index contributed by atoms with van der Waals surface area (Å²) in [6.07, 6.45) is 1.75. The van der Waals surface area contributed by atoms with E-state index in [1.54, 1.807) is 13.8 Å². The molecule has 0 spiro atoms. The van der Waals surface area contributed by atoms with Gasteiger partial charge in [0, 0.05) is 47.9 Å². The molecule has 3 atom stereocenters. The summed E-state index contributed by atoms with van der Waals surface area (Å²) in [5, 5.41) is 3.86. The van der Waals surface area contributed by atoms with Crippen molar-refractivity contribution in [3.8, 4) is 0 Å². The molecule has 1 aliphatic heterocycles. The normalized spacial score (nSPS) is 20.1. The van der Waals surface area contributed by atoms with Crippen molar-refractivity contribution in [3.63, 3.8) is 0 Å². The van der Waals surface area contributed by atoms with Crippen molar-refractivity contribution in [1.82, 2.24) is 18.7 Å². The maximum atomic E-state index is 13.3. The predicted octanol–water partition coefficient (Wildman–Crippen LogP) is 2.17. The van der Waals surface area contributed by atoms with Crippen molar-refractivity contribution in [2.75, 3.05) is 6.61 Å². The third-order valence-electron chi connectivity index (χ3n) is 7.25. The van der Waals surface area contributed by atoms with Gasteiger partial charge in [0.25, 0.3) is 11.1 Å². The molecule has 0 amide bonds. The molecule has 13 nitrogen and oxygen atoms in total. The number of nitrogens with zero attached hydrogens (tertiary/aromatic N) is 6. The summed E-state index contributed by atoms with van der Waals surface area (Å²) in [6.45, 7) is 13.9. The van der Waals surface area contributed by atoms with Gasteiger partial charge < -0.3 is 9.16 Å². The van der Waals surface area contributed by atoms with Crippen molar-refractivity contribution >= 4 is 8.32 Å². The number of hydrogen-bond donors (Lipinski definition) is 1. The Morgan fingerprint density at radius 1 is 1.16 bits per heavy atom. The molecule has 1 fully saturated rings. The highest BCUT2D eigenvalue weighted by atomic mass is 28.4. The first-order chi connectivity index (χ1) is 17.2. The Morgan fingerprint density at radius 2 is 1.84 bits per heavy atom. The SMILES string of the molecule is Cc1cn(CCn2c(=O)c(C)cn([C@H]3C[C@H](N=[N+]=[N-])[C@@H](CO[Si](C)(C)C(C)(C)C)O3)c2=O)c(=O)[nH]c1=O. The fraction of sp³-hybridized carbons (Fsp3) is 0.652. The van der Waals surface area contributed by atoms with Gasteiger partial charge in [0.1, 0.15) is 6.23 Å². The number of aromatic nitrogens is 4. The summed E-state index contributed by atoms with van der Waals surface area (Å²) in [4.78, 5) is 55.1. The van der Waals surface area contributed by atoms with E-state index in [0.29, 0.717) is 11.1 Å². The Bertz CT molecular complexity index is 1440. The molecule has 2 aromatic rings. The molecule has 1 aliphatic rings. The van der Waals surface area contributed by atoms with Crippen LogP contribution in [-0.4, -0.2) is 45.8 Å². The highest BCUT2D eigenvalue weighted by Crippen LogP contribution is 2.38. The molecule has 0 bridgehead atoms. The average Bonchev–Trinajstić information content (AvgIpc) is 3.20. The van der Waals surface area contributed by atoms with Gasteiger partial charge in [0.05, 0.1) is 18.8 Å². The van der Waals surface area contributed by atoms with E-state index >= 15 is 0 Å². The van der Waals surface area contributed by atoms with Crippen molar-refractivity contribution in [1.29, 1.82) is 0 Å². The lowest BCUT2D eigenvalue weighted by Crippen LogP contribution is -2.44. The monoisotopic (exact) mass is 533 g/mol. The highest BCUT2D eigenvalue weighted by molar-refractivity contribution is 6.74. The number of aryl methyl sites for hydroxylation is 3. The summed E-state index contributed by atoms with van der Waals surface area (Å²) < 4.78 is 16.0. The molecule has 0 aliphatic carbocycles. The largest absolute Gasteiger partial charge is 0.414 e. The Kier molecular flexibility index (Phi) is 8.17. The fourth-order valence-corrected chi connectivity index (χ4v) is 4.90. The first-order valence-electron chi connectivity index (χ1n) is 12.1. The first kappa shape index (κ1) is 28.4. The first-order valence-corrected chi connectivity index (χ1v) is 15.0. The van der Waals surface area contributed by atoms with Gasteiger partial charge in [-0.3, -0.25) is 28.3 Å². The molecular weight excluding hydrogens is 498 g/mol. The van der Waals surface area contributed by atoms with E-state index in [1.807, 2.05) is 0 Å². The number of aromatic amines is 1. The molecule has 3 heterocycles. The van der Waals surface area contributed by atoms with Gasteiger partial charge >= 0.3 is 11.4 Å². The maximum absolute atomic E-state index is 13.3. The number of hydrogen-bond acceptors (Lipinski definition) is 7. The third kappa shape index (κ3) is 6.04. The molecule has 1 saturated heterocycles. The van der Waals surface area contributed by atoms with Crippen LogP contribution in [0.2, 0.25) is 18.1 Å². The van der Waals surface area contributed by atoms with Gasteiger partial charge in [0.15, 0.2) is 8.32 Å². The second kappa shape index (κ2) is 10.7. The number of H-pyrrole nitrogens is 1. The number of rotatable bonds is 8. The molecule has 0 radical (unpaired) electrons. The molecule has 37 heavy (non-hydrogen) atoms. The van der Waals surface area contributed by atoms with E-state index in [2.05, 4.69) is 48.9 Å². The number of azide groups is 1. The van der Waals surface area contributed by atoms with Crippen LogP contribution in [0.15, 0.2) is 36.7 Å². The van der Waals surface area contributed by atoms with Crippen LogP contribution in [0.4, 0.5) is 0 Å². The molecule has 0 saturated carbocycles. The maximum Gasteiger partial charge on any atom is 0.333 e. The van der Waals surface area contributed by atoms with E-state index < -0.39 is 49.2 Å². The number of ether oxygens (including phenoxy) is 1. The lowest BCUT2D eigenvalue weighted by atomic mass is 10.1. The quantitative estimate of drug-likeness (QED) is 0.236. The minimum atomic E-state index is -2.10. The molecule has 202 valence electrons. The molecule has 0 aromatic carbocycles. The average molecular weight is 534 g/mol. The van der Waals surface area contributed by atoms with Gasteiger partial charge in [-0.2, -0.15) is 0 Å². The molecule has 0 unspecified atom stereocenters. The van der Waals surface area contributed by atoms with E-state index in [4.69, 9.17) is 14.7 Å². The summed E-state index contributed by atoms with van der Waals surface area (Å²) >= 11 is 0. The second-order valence-corrected chi connectivity index (χ2v) is 15.7. The summed E-state index contributed by atoms with van der Waals surface area (Å²) in [7, 11) is -2.10. The zero-order chi connectivity index (χ0) is 27.7. The predicted molar refractivity (Wildman–Crippen MR) is 140 cm³/mol. The minimum Gasteiger partial charge on any atom is -0.414 e. The van der Waals surface area contributed by atoms with E-state index in [0.717, 1.165) is 4.57 Å². The van der Waals surface area contributed by atoms with Crippen LogP contribution in [-0.2, 0) is 22.3 Å².